The van der Waals surface area contributed by atoms with Gasteiger partial charge in [0.1, 0.15) is 18.2 Å². The lowest BCUT2D eigenvalue weighted by molar-refractivity contribution is -0.137. The van der Waals surface area contributed by atoms with Gasteiger partial charge in [0.05, 0.1) is 16.5 Å². The highest BCUT2D eigenvalue weighted by Gasteiger charge is 2.30. The van der Waals surface area contributed by atoms with Crippen LogP contribution >= 0.6 is 0 Å². The van der Waals surface area contributed by atoms with Crippen molar-refractivity contribution in [3.05, 3.63) is 63.6 Å². The molecule has 2 heterocycles. The maximum absolute atomic E-state index is 12.8. The zero-order valence-corrected chi connectivity index (χ0v) is 12.8. The first-order valence-corrected chi connectivity index (χ1v) is 7.08. The summed E-state index contributed by atoms with van der Waals surface area (Å²) < 4.78 is 48.3. The molecule has 0 radical (unpaired) electrons. The van der Waals surface area contributed by atoms with E-state index in [2.05, 4.69) is 9.97 Å². The molecule has 0 fully saturated rings. The average molecular weight is 352 g/mol. The van der Waals surface area contributed by atoms with Gasteiger partial charge in [0.25, 0.3) is 5.56 Å². The number of hydrogen-bond donors (Lipinski definition) is 1. The molecule has 130 valence electrons. The van der Waals surface area contributed by atoms with Crippen molar-refractivity contribution < 1.29 is 27.1 Å². The first kappa shape index (κ1) is 16.7. The summed E-state index contributed by atoms with van der Waals surface area (Å²) in [6.07, 6.45) is -4.55. The maximum Gasteiger partial charge on any atom is 0.416 e. The zero-order valence-electron chi connectivity index (χ0n) is 12.8. The summed E-state index contributed by atoms with van der Waals surface area (Å²) >= 11 is 0. The molecule has 3 aromatic rings. The third-order valence-corrected chi connectivity index (χ3v) is 3.36. The highest BCUT2D eigenvalue weighted by atomic mass is 19.4. The van der Waals surface area contributed by atoms with Gasteiger partial charge in [-0.15, -0.1) is 0 Å². The molecular weight excluding hydrogens is 341 g/mol. The van der Waals surface area contributed by atoms with Gasteiger partial charge in [0, 0.05) is 0 Å². The number of rotatable bonds is 3. The number of carbonyl (C=O) groups excluding carboxylic acids is 1. The highest BCUT2D eigenvalue weighted by Crippen LogP contribution is 2.30. The van der Waals surface area contributed by atoms with Crippen molar-refractivity contribution in [1.29, 1.82) is 0 Å². The third-order valence-electron chi connectivity index (χ3n) is 3.36. The lowest BCUT2D eigenvalue weighted by Crippen LogP contribution is -2.15. The van der Waals surface area contributed by atoms with E-state index in [1.165, 1.54) is 6.07 Å². The van der Waals surface area contributed by atoms with Crippen LogP contribution in [0, 0.1) is 6.92 Å². The molecule has 3 rings (SSSR count). The van der Waals surface area contributed by atoms with Gasteiger partial charge >= 0.3 is 12.1 Å². The predicted octanol–water partition coefficient (Wildman–Crippen LogP) is 3.20. The number of aryl methyl sites for hydroxylation is 1. The minimum atomic E-state index is -4.55. The molecule has 0 amide bonds. The SMILES string of the molecule is Cc1ccc(C(=O)OCc2nc3cc(C(F)(F)F)ccc3c(=O)[nH]2)o1. The number of ether oxygens (including phenoxy) is 1. The molecule has 25 heavy (non-hydrogen) atoms. The predicted molar refractivity (Wildman–Crippen MR) is 79.9 cm³/mol. The molecule has 0 bridgehead atoms. The van der Waals surface area contributed by atoms with Crippen LogP contribution in [0.25, 0.3) is 10.9 Å². The molecule has 6 nitrogen and oxygen atoms in total. The van der Waals surface area contributed by atoms with Gasteiger partial charge in [0.2, 0.25) is 5.76 Å². The number of nitrogens with zero attached hydrogens (tertiary/aromatic N) is 1. The molecule has 0 aliphatic rings. The number of alkyl halides is 3. The number of H-pyrrole nitrogens is 1. The number of nitrogens with one attached hydrogen (secondary N) is 1. The highest BCUT2D eigenvalue weighted by molar-refractivity contribution is 5.86. The van der Waals surface area contributed by atoms with E-state index in [0.717, 1.165) is 18.2 Å². The van der Waals surface area contributed by atoms with E-state index in [9.17, 15) is 22.8 Å². The Balaban J connectivity index is 1.86. The van der Waals surface area contributed by atoms with Gasteiger partial charge in [-0.3, -0.25) is 4.79 Å². The zero-order chi connectivity index (χ0) is 18.2. The fraction of sp³-hybridized carbons (Fsp3) is 0.188. The third kappa shape index (κ3) is 3.54. The van der Waals surface area contributed by atoms with Crippen LogP contribution in [-0.2, 0) is 17.5 Å². The number of fused-ring (bicyclic) bond motifs is 1. The number of carbonyl (C=O) groups is 1. The monoisotopic (exact) mass is 352 g/mol. The van der Waals surface area contributed by atoms with Gasteiger partial charge in [-0.2, -0.15) is 13.2 Å². The molecule has 0 saturated carbocycles. The van der Waals surface area contributed by atoms with E-state index >= 15 is 0 Å². The number of aromatic amines is 1. The topological polar surface area (TPSA) is 85.2 Å². The van der Waals surface area contributed by atoms with E-state index in [0.29, 0.717) is 5.76 Å². The van der Waals surface area contributed by atoms with Gasteiger partial charge in [-0.05, 0) is 37.3 Å². The summed E-state index contributed by atoms with van der Waals surface area (Å²) in [5, 5.41) is 0.00439. The lowest BCUT2D eigenvalue weighted by Gasteiger charge is -2.08. The molecule has 0 unspecified atom stereocenters. The molecule has 0 aliphatic carbocycles. The normalized spacial score (nSPS) is 11.7. The number of benzene rings is 1. The van der Waals surface area contributed by atoms with Gasteiger partial charge in [-0.1, -0.05) is 0 Å². The van der Waals surface area contributed by atoms with E-state index in [1.807, 2.05) is 0 Å². The molecule has 0 atom stereocenters. The quantitative estimate of drug-likeness (QED) is 0.732. The fourth-order valence-corrected chi connectivity index (χ4v) is 2.18. The average Bonchev–Trinajstić information content (AvgIpc) is 2.98. The fourth-order valence-electron chi connectivity index (χ4n) is 2.18. The van der Waals surface area contributed by atoms with Crippen LogP contribution < -0.4 is 5.56 Å². The van der Waals surface area contributed by atoms with Gasteiger partial charge < -0.3 is 14.1 Å². The molecule has 9 heteroatoms. The number of esters is 1. The molecule has 0 spiro atoms. The Morgan fingerprint density at radius 2 is 2.04 bits per heavy atom. The summed E-state index contributed by atoms with van der Waals surface area (Å²) in [6.45, 7) is 1.23. The molecule has 2 aromatic heterocycles. The van der Waals surface area contributed by atoms with Crippen molar-refractivity contribution in [2.24, 2.45) is 0 Å². The van der Waals surface area contributed by atoms with Crippen LogP contribution in [0.3, 0.4) is 0 Å². The number of aromatic nitrogens is 2. The second-order valence-electron chi connectivity index (χ2n) is 5.23. The van der Waals surface area contributed by atoms with Crippen molar-refractivity contribution >= 4 is 16.9 Å². The van der Waals surface area contributed by atoms with Crippen molar-refractivity contribution in [3.63, 3.8) is 0 Å². The molecular formula is C16H11F3N2O4. The molecule has 1 N–H and O–H groups in total. The van der Waals surface area contributed by atoms with E-state index in [4.69, 9.17) is 9.15 Å². The Kier molecular flexibility index (Phi) is 4.07. The van der Waals surface area contributed by atoms with Crippen molar-refractivity contribution in [2.75, 3.05) is 0 Å². The van der Waals surface area contributed by atoms with Crippen LogP contribution in [0.4, 0.5) is 13.2 Å². The molecule has 0 saturated heterocycles. The van der Waals surface area contributed by atoms with Gasteiger partial charge in [-0.25, -0.2) is 9.78 Å². The Hall–Kier alpha value is -3.10. The smallest absolute Gasteiger partial charge is 0.416 e. The van der Waals surface area contributed by atoms with E-state index in [-0.39, 0.29) is 22.5 Å². The lowest BCUT2D eigenvalue weighted by atomic mass is 10.1. The Morgan fingerprint density at radius 3 is 2.68 bits per heavy atom. The second kappa shape index (κ2) is 6.08. The Morgan fingerprint density at radius 1 is 1.28 bits per heavy atom. The van der Waals surface area contributed by atoms with Crippen molar-refractivity contribution in [3.8, 4) is 0 Å². The minimum absolute atomic E-state index is 0.00439. The first-order valence-electron chi connectivity index (χ1n) is 7.08. The van der Waals surface area contributed by atoms with Crippen LogP contribution in [0.1, 0.15) is 27.7 Å². The Labute approximate surface area is 138 Å². The van der Waals surface area contributed by atoms with Crippen LogP contribution in [0.15, 0.2) is 39.5 Å². The Bertz CT molecular complexity index is 1000. The van der Waals surface area contributed by atoms with E-state index < -0.39 is 29.9 Å². The number of hydrogen-bond acceptors (Lipinski definition) is 5. The maximum atomic E-state index is 12.8. The number of furan rings is 1. The van der Waals surface area contributed by atoms with Gasteiger partial charge in [0.15, 0.2) is 0 Å². The van der Waals surface area contributed by atoms with Crippen LogP contribution in [-0.4, -0.2) is 15.9 Å². The summed E-state index contributed by atoms with van der Waals surface area (Å²) in [7, 11) is 0. The summed E-state index contributed by atoms with van der Waals surface area (Å²) in [5.41, 5.74) is -1.69. The van der Waals surface area contributed by atoms with E-state index in [1.54, 1.807) is 13.0 Å². The van der Waals surface area contributed by atoms with Crippen molar-refractivity contribution in [2.45, 2.75) is 19.7 Å². The van der Waals surface area contributed by atoms with Crippen LogP contribution in [0.2, 0.25) is 0 Å². The largest absolute Gasteiger partial charge is 0.454 e. The standard InChI is InChI=1S/C16H11F3N2O4/c1-8-2-5-12(25-8)15(23)24-7-13-20-11-6-9(16(17,18)19)3-4-10(11)14(22)21-13/h2-6H,7H2,1H3,(H,20,21,22). The summed E-state index contributed by atoms with van der Waals surface area (Å²) in [4.78, 5) is 30.0. The number of halogens is 3. The summed E-state index contributed by atoms with van der Waals surface area (Å²) in [5.74, 6) is -0.364. The van der Waals surface area contributed by atoms with Crippen molar-refractivity contribution in [1.82, 2.24) is 9.97 Å². The summed E-state index contributed by atoms with van der Waals surface area (Å²) in [6, 6.07) is 5.62. The second-order valence-corrected chi connectivity index (χ2v) is 5.23. The first-order chi connectivity index (χ1) is 11.7. The van der Waals surface area contributed by atoms with Crippen LogP contribution in [0.5, 0.6) is 0 Å². The molecule has 1 aromatic carbocycles. The minimum Gasteiger partial charge on any atom is -0.454 e. The molecule has 0 aliphatic heterocycles.